The SMILES string of the molecule is Cc1ccccc1C1(CNC(=O)c2n[nH]c3c2CNCC3)CC1. The highest BCUT2D eigenvalue weighted by Gasteiger charge is 2.45. The molecule has 1 aromatic carbocycles. The quantitative estimate of drug-likeness (QED) is 0.807. The number of nitrogens with zero attached hydrogens (tertiary/aromatic N) is 1. The lowest BCUT2D eigenvalue weighted by molar-refractivity contribution is 0.0943. The van der Waals surface area contributed by atoms with Crippen LogP contribution >= 0.6 is 0 Å². The third-order valence-electron chi connectivity index (χ3n) is 5.18. The van der Waals surface area contributed by atoms with E-state index in [4.69, 9.17) is 0 Å². The number of fused-ring (bicyclic) bond motifs is 1. The molecule has 1 amide bonds. The first-order valence-electron chi connectivity index (χ1n) is 8.31. The number of nitrogens with one attached hydrogen (secondary N) is 3. The number of rotatable bonds is 4. The van der Waals surface area contributed by atoms with Gasteiger partial charge in [0.2, 0.25) is 0 Å². The Bertz CT molecular complexity index is 745. The summed E-state index contributed by atoms with van der Waals surface area (Å²) in [5.74, 6) is -0.0638. The molecule has 23 heavy (non-hydrogen) atoms. The van der Waals surface area contributed by atoms with Gasteiger partial charge in [-0.3, -0.25) is 9.89 Å². The molecule has 1 aliphatic carbocycles. The second kappa shape index (κ2) is 5.49. The number of carbonyl (C=O) groups is 1. The minimum absolute atomic E-state index is 0.0638. The van der Waals surface area contributed by atoms with Crippen molar-refractivity contribution in [3.05, 3.63) is 52.3 Å². The average Bonchev–Trinajstić information content (AvgIpc) is 3.24. The lowest BCUT2D eigenvalue weighted by atomic mass is 9.92. The third-order valence-corrected chi connectivity index (χ3v) is 5.18. The minimum Gasteiger partial charge on any atom is -0.350 e. The van der Waals surface area contributed by atoms with Crippen LogP contribution in [0, 0.1) is 6.92 Å². The van der Waals surface area contributed by atoms with Crippen LogP contribution in [0.15, 0.2) is 24.3 Å². The second-order valence-corrected chi connectivity index (χ2v) is 6.73. The third kappa shape index (κ3) is 2.55. The Morgan fingerprint density at radius 3 is 2.96 bits per heavy atom. The predicted octanol–water partition coefficient (Wildman–Crippen LogP) is 1.83. The van der Waals surface area contributed by atoms with Crippen molar-refractivity contribution in [1.82, 2.24) is 20.8 Å². The van der Waals surface area contributed by atoms with E-state index in [1.165, 1.54) is 11.1 Å². The van der Waals surface area contributed by atoms with Gasteiger partial charge >= 0.3 is 0 Å². The van der Waals surface area contributed by atoms with Gasteiger partial charge < -0.3 is 10.6 Å². The molecule has 4 rings (SSSR count). The fraction of sp³-hybridized carbons (Fsp3) is 0.444. The average molecular weight is 310 g/mol. The lowest BCUT2D eigenvalue weighted by Gasteiger charge is -2.19. The van der Waals surface area contributed by atoms with Crippen molar-refractivity contribution in [3.8, 4) is 0 Å². The molecule has 1 saturated carbocycles. The van der Waals surface area contributed by atoms with Crippen LogP contribution in [0.5, 0.6) is 0 Å². The molecule has 0 saturated heterocycles. The Hall–Kier alpha value is -2.14. The first kappa shape index (κ1) is 14.5. The highest BCUT2D eigenvalue weighted by molar-refractivity contribution is 5.94. The van der Waals surface area contributed by atoms with Gasteiger partial charge in [0.15, 0.2) is 5.69 Å². The van der Waals surface area contributed by atoms with Crippen molar-refractivity contribution in [2.45, 2.75) is 38.1 Å². The van der Waals surface area contributed by atoms with Crippen molar-refractivity contribution in [1.29, 1.82) is 0 Å². The summed E-state index contributed by atoms with van der Waals surface area (Å²) in [6.45, 7) is 4.49. The van der Waals surface area contributed by atoms with Gasteiger partial charge in [-0.25, -0.2) is 0 Å². The first-order chi connectivity index (χ1) is 11.2. The maximum atomic E-state index is 12.5. The number of aryl methyl sites for hydroxylation is 1. The standard InChI is InChI=1S/C18H22N4O/c1-12-4-2-3-5-14(12)18(7-8-18)11-20-17(23)16-13-10-19-9-6-15(13)21-22-16/h2-5,19H,6-11H2,1H3,(H,20,23)(H,21,22). The van der Waals surface area contributed by atoms with Crippen LogP contribution in [0.3, 0.4) is 0 Å². The molecule has 1 fully saturated rings. The van der Waals surface area contributed by atoms with Crippen LogP contribution in [0.2, 0.25) is 0 Å². The topological polar surface area (TPSA) is 69.8 Å². The highest BCUT2D eigenvalue weighted by atomic mass is 16.1. The van der Waals surface area contributed by atoms with E-state index in [1.54, 1.807) is 0 Å². The van der Waals surface area contributed by atoms with Crippen molar-refractivity contribution in [2.24, 2.45) is 0 Å². The number of aromatic nitrogens is 2. The van der Waals surface area contributed by atoms with Crippen LogP contribution in [0.25, 0.3) is 0 Å². The molecule has 120 valence electrons. The molecular weight excluding hydrogens is 288 g/mol. The minimum atomic E-state index is -0.0638. The molecule has 1 aromatic heterocycles. The Morgan fingerprint density at radius 1 is 1.35 bits per heavy atom. The van der Waals surface area contributed by atoms with Crippen LogP contribution in [-0.4, -0.2) is 29.2 Å². The van der Waals surface area contributed by atoms with Crippen molar-refractivity contribution in [3.63, 3.8) is 0 Å². The summed E-state index contributed by atoms with van der Waals surface area (Å²) in [5, 5.41) is 13.7. The van der Waals surface area contributed by atoms with E-state index in [2.05, 4.69) is 52.0 Å². The van der Waals surface area contributed by atoms with E-state index in [0.717, 1.165) is 43.6 Å². The fourth-order valence-electron chi connectivity index (χ4n) is 3.61. The van der Waals surface area contributed by atoms with Gasteiger partial charge in [0.05, 0.1) is 0 Å². The number of benzene rings is 1. The van der Waals surface area contributed by atoms with Gasteiger partial charge in [0.1, 0.15) is 0 Å². The monoisotopic (exact) mass is 310 g/mol. The lowest BCUT2D eigenvalue weighted by Crippen LogP contribution is -2.34. The number of hydrogen-bond acceptors (Lipinski definition) is 3. The zero-order valence-corrected chi connectivity index (χ0v) is 13.4. The Balaban J connectivity index is 1.48. The fourth-order valence-corrected chi connectivity index (χ4v) is 3.61. The molecule has 0 unspecified atom stereocenters. The molecule has 0 atom stereocenters. The summed E-state index contributed by atoms with van der Waals surface area (Å²) in [6, 6.07) is 8.48. The van der Waals surface area contributed by atoms with E-state index >= 15 is 0 Å². The van der Waals surface area contributed by atoms with Gasteiger partial charge in [-0.1, -0.05) is 24.3 Å². The maximum Gasteiger partial charge on any atom is 0.272 e. The van der Waals surface area contributed by atoms with Gasteiger partial charge in [-0.05, 0) is 30.9 Å². The summed E-state index contributed by atoms with van der Waals surface area (Å²) in [4.78, 5) is 12.5. The molecule has 1 aliphatic heterocycles. The molecule has 2 aliphatic rings. The number of amides is 1. The van der Waals surface area contributed by atoms with Crippen LogP contribution in [0.4, 0.5) is 0 Å². The van der Waals surface area contributed by atoms with Gasteiger partial charge in [0.25, 0.3) is 5.91 Å². The van der Waals surface area contributed by atoms with E-state index in [0.29, 0.717) is 12.2 Å². The summed E-state index contributed by atoms with van der Waals surface area (Å²) >= 11 is 0. The van der Waals surface area contributed by atoms with Crippen molar-refractivity contribution < 1.29 is 4.79 Å². The highest BCUT2D eigenvalue weighted by Crippen LogP contribution is 2.48. The van der Waals surface area contributed by atoms with E-state index in [9.17, 15) is 4.79 Å². The summed E-state index contributed by atoms with van der Waals surface area (Å²) in [7, 11) is 0. The molecule has 0 spiro atoms. The van der Waals surface area contributed by atoms with Crippen LogP contribution in [-0.2, 0) is 18.4 Å². The Labute approximate surface area is 135 Å². The largest absolute Gasteiger partial charge is 0.350 e. The number of aromatic amines is 1. The maximum absolute atomic E-state index is 12.5. The number of carbonyl (C=O) groups excluding carboxylic acids is 1. The summed E-state index contributed by atoms with van der Waals surface area (Å²) in [6.07, 6.45) is 3.18. The first-order valence-corrected chi connectivity index (χ1v) is 8.31. The van der Waals surface area contributed by atoms with E-state index in [1.807, 2.05) is 0 Å². The zero-order chi connectivity index (χ0) is 15.9. The van der Waals surface area contributed by atoms with Gasteiger partial charge in [-0.15, -0.1) is 0 Å². The normalized spacial score (nSPS) is 18.3. The van der Waals surface area contributed by atoms with Crippen LogP contribution in [0.1, 0.15) is 45.7 Å². The van der Waals surface area contributed by atoms with Crippen molar-refractivity contribution >= 4 is 5.91 Å². The molecule has 0 bridgehead atoms. The molecule has 2 heterocycles. The van der Waals surface area contributed by atoms with Crippen LogP contribution < -0.4 is 10.6 Å². The molecule has 5 nitrogen and oxygen atoms in total. The Kier molecular flexibility index (Phi) is 3.45. The number of H-pyrrole nitrogens is 1. The van der Waals surface area contributed by atoms with E-state index in [-0.39, 0.29) is 11.3 Å². The smallest absolute Gasteiger partial charge is 0.272 e. The molecule has 2 aromatic rings. The molecule has 3 N–H and O–H groups in total. The molecule has 0 radical (unpaired) electrons. The second-order valence-electron chi connectivity index (χ2n) is 6.73. The summed E-state index contributed by atoms with van der Waals surface area (Å²) < 4.78 is 0. The molecular formula is C18H22N4O. The van der Waals surface area contributed by atoms with Gasteiger partial charge in [-0.2, -0.15) is 5.10 Å². The molecule has 5 heteroatoms. The summed E-state index contributed by atoms with van der Waals surface area (Å²) in [5.41, 5.74) is 5.46. The Morgan fingerprint density at radius 2 is 2.17 bits per heavy atom. The van der Waals surface area contributed by atoms with Crippen molar-refractivity contribution in [2.75, 3.05) is 13.1 Å². The predicted molar refractivity (Wildman–Crippen MR) is 88.4 cm³/mol. The van der Waals surface area contributed by atoms with Gasteiger partial charge in [0, 0.05) is 42.7 Å². The van der Waals surface area contributed by atoms with E-state index < -0.39 is 0 Å². The zero-order valence-electron chi connectivity index (χ0n) is 13.4. The number of hydrogen-bond donors (Lipinski definition) is 3.